The monoisotopic (exact) mass is 465 g/mol. The molecule has 1 N–H and O–H groups in total. The van der Waals surface area contributed by atoms with Crippen LogP contribution in [0.1, 0.15) is 30.5 Å². The van der Waals surface area contributed by atoms with Crippen LogP contribution in [-0.4, -0.2) is 33.3 Å². The summed E-state index contributed by atoms with van der Waals surface area (Å²) >= 11 is 1.14. The molecule has 1 aromatic heterocycles. The van der Waals surface area contributed by atoms with Crippen molar-refractivity contribution in [3.63, 3.8) is 0 Å². The highest BCUT2D eigenvalue weighted by atomic mass is 32.1. The minimum Gasteiger partial charge on any atom is -0.507 e. The summed E-state index contributed by atoms with van der Waals surface area (Å²) in [6, 6.07) is 11.0. The molecule has 0 aliphatic carbocycles. The number of aliphatic hydroxyl groups excluding tert-OH is 1. The van der Waals surface area contributed by atoms with Gasteiger partial charge < -0.3 is 9.84 Å². The molecule has 0 radical (unpaired) electrons. The number of ether oxygens (including phenoxy) is 1. The number of rotatable bonds is 7. The summed E-state index contributed by atoms with van der Waals surface area (Å²) in [4.78, 5) is 42.1. The van der Waals surface area contributed by atoms with E-state index in [1.807, 2.05) is 6.92 Å². The maximum absolute atomic E-state index is 13.0. The van der Waals surface area contributed by atoms with Gasteiger partial charge in [-0.05, 0) is 36.2 Å². The zero-order valence-electron chi connectivity index (χ0n) is 17.5. The molecule has 1 saturated heterocycles. The van der Waals surface area contributed by atoms with Gasteiger partial charge in [-0.2, -0.15) is 0 Å². The highest BCUT2D eigenvalue weighted by Gasteiger charge is 2.48. The average molecular weight is 465 g/mol. The lowest BCUT2D eigenvalue weighted by Gasteiger charge is -2.22. The van der Waals surface area contributed by atoms with Gasteiger partial charge in [-0.3, -0.25) is 24.6 Å². The molecule has 1 aliphatic rings. The number of aliphatic hydroxyl groups is 1. The van der Waals surface area contributed by atoms with Gasteiger partial charge in [0.15, 0.2) is 5.13 Å². The average Bonchev–Trinajstić information content (AvgIpc) is 3.44. The fourth-order valence-electron chi connectivity index (χ4n) is 3.57. The van der Waals surface area contributed by atoms with Gasteiger partial charge in [0.2, 0.25) is 0 Å². The van der Waals surface area contributed by atoms with Gasteiger partial charge in [0, 0.05) is 29.3 Å². The van der Waals surface area contributed by atoms with Crippen LogP contribution in [0.15, 0.2) is 65.7 Å². The highest BCUT2D eigenvalue weighted by Crippen LogP contribution is 2.43. The van der Waals surface area contributed by atoms with Crippen LogP contribution in [0.2, 0.25) is 0 Å². The van der Waals surface area contributed by atoms with Crippen molar-refractivity contribution in [2.45, 2.75) is 19.4 Å². The summed E-state index contributed by atoms with van der Waals surface area (Å²) in [5.74, 6) is -1.55. The third-order valence-corrected chi connectivity index (χ3v) is 5.84. The van der Waals surface area contributed by atoms with Crippen LogP contribution in [-0.2, 0) is 9.59 Å². The molecule has 3 aromatic rings. The van der Waals surface area contributed by atoms with E-state index in [0.717, 1.165) is 22.7 Å². The van der Waals surface area contributed by atoms with E-state index in [1.54, 1.807) is 35.7 Å². The molecule has 2 heterocycles. The lowest BCUT2D eigenvalue weighted by atomic mass is 9.95. The van der Waals surface area contributed by atoms with E-state index in [2.05, 4.69) is 4.98 Å². The first kappa shape index (κ1) is 22.2. The normalized spacial score (nSPS) is 17.4. The van der Waals surface area contributed by atoms with Crippen LogP contribution in [0, 0.1) is 10.1 Å². The van der Waals surface area contributed by atoms with E-state index in [1.165, 1.54) is 24.4 Å². The van der Waals surface area contributed by atoms with Gasteiger partial charge in [-0.25, -0.2) is 4.98 Å². The Balaban J connectivity index is 1.85. The molecule has 2 aromatic carbocycles. The first-order valence-electron chi connectivity index (χ1n) is 10.1. The van der Waals surface area contributed by atoms with Gasteiger partial charge in [-0.1, -0.05) is 19.1 Å². The predicted octanol–water partition coefficient (Wildman–Crippen LogP) is 4.47. The summed E-state index contributed by atoms with van der Waals surface area (Å²) in [6.07, 6.45) is 2.32. The SMILES string of the molecule is CCCOc1ccc(C(O)=C2C(=O)C(=O)N(c3nccs3)[C@H]2c2cccc([N+](=O)[O-])c2)cc1. The Labute approximate surface area is 192 Å². The summed E-state index contributed by atoms with van der Waals surface area (Å²) < 4.78 is 5.55. The molecule has 1 atom stereocenters. The number of hydrogen-bond acceptors (Lipinski definition) is 8. The number of carbonyl (C=O) groups excluding carboxylic acids is 2. The fourth-order valence-corrected chi connectivity index (χ4v) is 4.24. The lowest BCUT2D eigenvalue weighted by molar-refractivity contribution is -0.384. The van der Waals surface area contributed by atoms with E-state index in [-0.39, 0.29) is 22.2 Å². The summed E-state index contributed by atoms with van der Waals surface area (Å²) in [5.41, 5.74) is 0.252. The number of non-ortho nitro benzene ring substituents is 1. The number of Topliss-reactive ketones (excluding diaryl/α,β-unsaturated/α-hetero) is 1. The molecule has 0 spiro atoms. The van der Waals surface area contributed by atoms with Crippen molar-refractivity contribution in [2.75, 3.05) is 11.5 Å². The molecule has 0 unspecified atom stereocenters. The Morgan fingerprint density at radius 1 is 1.24 bits per heavy atom. The predicted molar refractivity (Wildman–Crippen MR) is 122 cm³/mol. The first-order chi connectivity index (χ1) is 15.9. The maximum Gasteiger partial charge on any atom is 0.301 e. The molecule has 0 bridgehead atoms. The van der Waals surface area contributed by atoms with Crippen LogP contribution in [0.4, 0.5) is 10.8 Å². The smallest absolute Gasteiger partial charge is 0.301 e. The quantitative estimate of drug-likeness (QED) is 0.180. The first-order valence-corrected chi connectivity index (χ1v) is 11.0. The lowest BCUT2D eigenvalue weighted by Crippen LogP contribution is -2.29. The van der Waals surface area contributed by atoms with Crippen LogP contribution >= 0.6 is 11.3 Å². The molecule has 1 amide bonds. The Kier molecular flexibility index (Phi) is 6.18. The molecule has 33 heavy (non-hydrogen) atoms. The van der Waals surface area contributed by atoms with Gasteiger partial charge in [0.05, 0.1) is 23.1 Å². The summed E-state index contributed by atoms with van der Waals surface area (Å²) in [6.45, 7) is 2.52. The van der Waals surface area contributed by atoms with Crippen LogP contribution in [0.5, 0.6) is 5.75 Å². The van der Waals surface area contributed by atoms with Crippen molar-refractivity contribution in [1.29, 1.82) is 0 Å². The van der Waals surface area contributed by atoms with E-state index in [0.29, 0.717) is 23.5 Å². The zero-order valence-corrected chi connectivity index (χ0v) is 18.3. The maximum atomic E-state index is 13.0. The Morgan fingerprint density at radius 3 is 2.64 bits per heavy atom. The third-order valence-electron chi connectivity index (χ3n) is 5.07. The zero-order chi connectivity index (χ0) is 23.5. The minimum absolute atomic E-state index is 0.169. The van der Waals surface area contributed by atoms with Crippen molar-refractivity contribution in [1.82, 2.24) is 4.98 Å². The molecular weight excluding hydrogens is 446 g/mol. The summed E-state index contributed by atoms with van der Waals surface area (Å²) in [5, 5.41) is 24.3. The largest absolute Gasteiger partial charge is 0.507 e. The molecule has 9 nitrogen and oxygen atoms in total. The third kappa shape index (κ3) is 4.20. The Morgan fingerprint density at radius 2 is 2.00 bits per heavy atom. The number of amides is 1. The number of carbonyl (C=O) groups is 2. The highest BCUT2D eigenvalue weighted by molar-refractivity contribution is 7.14. The Bertz CT molecular complexity index is 1240. The van der Waals surface area contributed by atoms with E-state index < -0.39 is 22.7 Å². The second-order valence-electron chi connectivity index (χ2n) is 7.21. The standard InChI is InChI=1S/C23H19N3O6S/c1-2-11-32-17-8-6-14(7-9-17)20(27)18-19(15-4-3-5-16(13-15)26(30)31)25(22(29)21(18)28)23-24-10-12-33-23/h3-10,12-13,19,27H,2,11H2,1H3/t19-/m0/s1. The van der Waals surface area contributed by atoms with Gasteiger partial charge in [0.25, 0.3) is 11.5 Å². The number of nitrogens with zero attached hydrogens (tertiary/aromatic N) is 3. The van der Waals surface area contributed by atoms with E-state index in [9.17, 15) is 24.8 Å². The second kappa shape index (κ2) is 9.21. The van der Waals surface area contributed by atoms with Gasteiger partial charge in [0.1, 0.15) is 11.5 Å². The molecule has 10 heteroatoms. The van der Waals surface area contributed by atoms with Crippen molar-refractivity contribution in [3.05, 3.63) is 86.9 Å². The van der Waals surface area contributed by atoms with E-state index in [4.69, 9.17) is 4.74 Å². The van der Waals surface area contributed by atoms with Crippen molar-refractivity contribution in [3.8, 4) is 5.75 Å². The van der Waals surface area contributed by atoms with Crippen molar-refractivity contribution in [2.24, 2.45) is 0 Å². The van der Waals surface area contributed by atoms with Crippen LogP contribution in [0.3, 0.4) is 0 Å². The number of anilines is 1. The van der Waals surface area contributed by atoms with Crippen LogP contribution < -0.4 is 9.64 Å². The number of nitro groups is 1. The molecule has 1 aliphatic heterocycles. The molecular formula is C23H19N3O6S. The van der Waals surface area contributed by atoms with E-state index >= 15 is 0 Å². The van der Waals surface area contributed by atoms with Crippen LogP contribution in [0.25, 0.3) is 5.76 Å². The number of benzene rings is 2. The molecule has 4 rings (SSSR count). The number of hydrogen-bond donors (Lipinski definition) is 1. The minimum atomic E-state index is -1.08. The van der Waals surface area contributed by atoms with Gasteiger partial charge >= 0.3 is 5.91 Å². The fraction of sp³-hybridized carbons (Fsp3) is 0.174. The number of nitro benzene ring substituents is 1. The number of aromatic nitrogens is 1. The van der Waals surface area contributed by atoms with Gasteiger partial charge in [-0.15, -0.1) is 11.3 Å². The van der Waals surface area contributed by atoms with Crippen molar-refractivity contribution < 1.29 is 24.4 Å². The number of ketones is 1. The molecule has 1 fully saturated rings. The molecule has 0 saturated carbocycles. The topological polar surface area (TPSA) is 123 Å². The molecule has 168 valence electrons. The summed E-state index contributed by atoms with van der Waals surface area (Å²) in [7, 11) is 0. The Hall–Kier alpha value is -4.05. The van der Waals surface area contributed by atoms with Crippen molar-refractivity contribution >= 4 is 39.6 Å². The number of thiazole rings is 1. The second-order valence-corrected chi connectivity index (χ2v) is 8.08.